The van der Waals surface area contributed by atoms with Crippen LogP contribution in [0, 0.1) is 0 Å². The number of ether oxygens (including phenoxy) is 1. The van der Waals surface area contributed by atoms with E-state index in [2.05, 4.69) is 26.5 Å². The average Bonchev–Trinajstić information content (AvgIpc) is 2.50. The second kappa shape index (κ2) is 8.12. The third-order valence-electron chi connectivity index (χ3n) is 2.68. The van der Waals surface area contributed by atoms with Gasteiger partial charge in [0.1, 0.15) is 18.1 Å². The van der Waals surface area contributed by atoms with Gasteiger partial charge < -0.3 is 10.5 Å². The summed E-state index contributed by atoms with van der Waals surface area (Å²) < 4.78 is 6.69. The van der Waals surface area contributed by atoms with Crippen LogP contribution in [0.1, 0.15) is 5.56 Å². The second-order valence-corrected chi connectivity index (χ2v) is 6.02. The van der Waals surface area contributed by atoms with Gasteiger partial charge in [-0.2, -0.15) is 5.10 Å². The molecule has 0 atom stereocenters. The molecular weight excluding hydrogens is 386 g/mol. The normalized spacial score (nSPS) is 11.1. The molecule has 0 aliphatic rings. The zero-order valence-corrected chi connectivity index (χ0v) is 14.6. The Balaban J connectivity index is 2.18. The van der Waals surface area contributed by atoms with Crippen LogP contribution in [-0.4, -0.2) is 17.4 Å². The molecular formula is C15H13BrClN3OS. The van der Waals surface area contributed by atoms with Gasteiger partial charge >= 0.3 is 0 Å². The van der Waals surface area contributed by atoms with E-state index in [1.165, 1.54) is 0 Å². The van der Waals surface area contributed by atoms with E-state index in [-0.39, 0.29) is 11.7 Å². The van der Waals surface area contributed by atoms with Crippen molar-refractivity contribution < 1.29 is 4.74 Å². The highest BCUT2D eigenvalue weighted by molar-refractivity contribution is 9.10. The lowest BCUT2D eigenvalue weighted by atomic mass is 10.1. The van der Waals surface area contributed by atoms with E-state index < -0.39 is 0 Å². The number of nitrogens with two attached hydrogens (primary N) is 1. The predicted octanol–water partition coefficient (Wildman–Crippen LogP) is 3.72. The topological polar surface area (TPSA) is 59.6 Å². The lowest BCUT2D eigenvalue weighted by Crippen LogP contribution is -2.27. The van der Waals surface area contributed by atoms with Crippen molar-refractivity contribution in [2.45, 2.75) is 0 Å². The molecule has 7 heteroatoms. The molecule has 0 spiro atoms. The SMILES string of the molecule is NC(=S)N/N=C(\COc1ccccc1Cl)c1ccc(Br)cc1. The lowest BCUT2D eigenvalue weighted by molar-refractivity contribution is 0.376. The third-order valence-corrected chi connectivity index (χ3v) is 3.61. The molecule has 0 radical (unpaired) electrons. The molecule has 22 heavy (non-hydrogen) atoms. The fourth-order valence-corrected chi connectivity index (χ4v) is 2.15. The van der Waals surface area contributed by atoms with E-state index in [0.29, 0.717) is 16.5 Å². The zero-order valence-electron chi connectivity index (χ0n) is 11.4. The van der Waals surface area contributed by atoms with Crippen molar-refractivity contribution in [2.24, 2.45) is 10.8 Å². The van der Waals surface area contributed by atoms with Crippen molar-refractivity contribution >= 4 is 50.6 Å². The van der Waals surface area contributed by atoms with Crippen LogP contribution in [0.5, 0.6) is 5.75 Å². The average molecular weight is 399 g/mol. The van der Waals surface area contributed by atoms with Crippen molar-refractivity contribution in [3.05, 3.63) is 63.6 Å². The van der Waals surface area contributed by atoms with Gasteiger partial charge in [0, 0.05) is 10.0 Å². The number of para-hydroxylation sites is 1. The smallest absolute Gasteiger partial charge is 0.184 e. The van der Waals surface area contributed by atoms with E-state index in [4.69, 9.17) is 34.3 Å². The molecule has 0 heterocycles. The van der Waals surface area contributed by atoms with Crippen LogP contribution in [0.15, 0.2) is 58.1 Å². The minimum atomic E-state index is 0.0901. The Bertz CT molecular complexity index is 691. The predicted molar refractivity (Wildman–Crippen MR) is 97.5 cm³/mol. The van der Waals surface area contributed by atoms with Crippen LogP contribution >= 0.6 is 39.7 Å². The summed E-state index contributed by atoms with van der Waals surface area (Å²) in [6.45, 7) is 0.223. The molecule has 0 aliphatic heterocycles. The molecule has 0 fully saturated rings. The summed E-state index contributed by atoms with van der Waals surface area (Å²) in [5, 5.41) is 4.82. The molecule has 0 amide bonds. The maximum Gasteiger partial charge on any atom is 0.184 e. The molecule has 4 nitrogen and oxygen atoms in total. The Morgan fingerprint density at radius 2 is 1.91 bits per heavy atom. The maximum atomic E-state index is 6.07. The Morgan fingerprint density at radius 3 is 2.55 bits per heavy atom. The summed E-state index contributed by atoms with van der Waals surface area (Å²) in [5.41, 5.74) is 9.54. The first-order chi connectivity index (χ1) is 10.6. The zero-order chi connectivity index (χ0) is 15.9. The molecule has 2 rings (SSSR count). The van der Waals surface area contributed by atoms with Gasteiger partial charge in [0.05, 0.1) is 5.02 Å². The minimum Gasteiger partial charge on any atom is -0.486 e. The van der Waals surface area contributed by atoms with Gasteiger partial charge in [-0.15, -0.1) is 0 Å². The number of thiocarbonyl (C=S) groups is 1. The van der Waals surface area contributed by atoms with Crippen molar-refractivity contribution in [1.82, 2.24) is 5.43 Å². The molecule has 0 aliphatic carbocycles. The van der Waals surface area contributed by atoms with Crippen LogP contribution in [0.25, 0.3) is 0 Å². The van der Waals surface area contributed by atoms with Gasteiger partial charge in [0.15, 0.2) is 5.11 Å². The van der Waals surface area contributed by atoms with Gasteiger partial charge in [-0.05, 0) is 36.5 Å². The summed E-state index contributed by atoms with van der Waals surface area (Å²) in [6.07, 6.45) is 0. The Labute approximate surface area is 147 Å². The lowest BCUT2D eigenvalue weighted by Gasteiger charge is -2.11. The highest BCUT2D eigenvalue weighted by atomic mass is 79.9. The van der Waals surface area contributed by atoms with Gasteiger partial charge in [-0.1, -0.05) is 51.8 Å². The number of hydrogen-bond donors (Lipinski definition) is 2. The summed E-state index contributed by atoms with van der Waals surface area (Å²) in [7, 11) is 0. The summed E-state index contributed by atoms with van der Waals surface area (Å²) in [4.78, 5) is 0. The van der Waals surface area contributed by atoms with Gasteiger partial charge in [-0.3, -0.25) is 5.43 Å². The molecule has 114 valence electrons. The van der Waals surface area contributed by atoms with Crippen LogP contribution in [-0.2, 0) is 0 Å². The highest BCUT2D eigenvalue weighted by Crippen LogP contribution is 2.23. The quantitative estimate of drug-likeness (QED) is 0.458. The van der Waals surface area contributed by atoms with Crippen LogP contribution in [0.4, 0.5) is 0 Å². The number of nitrogens with one attached hydrogen (secondary N) is 1. The molecule has 0 unspecified atom stereocenters. The number of hydrogen-bond acceptors (Lipinski definition) is 3. The largest absolute Gasteiger partial charge is 0.486 e. The number of halogens is 2. The Morgan fingerprint density at radius 1 is 1.23 bits per heavy atom. The minimum absolute atomic E-state index is 0.0901. The van der Waals surface area contributed by atoms with Crippen LogP contribution < -0.4 is 15.9 Å². The van der Waals surface area contributed by atoms with E-state index in [0.717, 1.165) is 10.0 Å². The highest BCUT2D eigenvalue weighted by Gasteiger charge is 2.07. The fourth-order valence-electron chi connectivity index (χ4n) is 1.65. The second-order valence-electron chi connectivity index (χ2n) is 4.26. The number of benzene rings is 2. The number of rotatable bonds is 5. The van der Waals surface area contributed by atoms with Crippen molar-refractivity contribution in [3.63, 3.8) is 0 Å². The molecule has 0 saturated carbocycles. The van der Waals surface area contributed by atoms with Crippen molar-refractivity contribution in [2.75, 3.05) is 6.61 Å². The summed E-state index contributed by atoms with van der Waals surface area (Å²) in [6, 6.07) is 14.9. The van der Waals surface area contributed by atoms with Gasteiger partial charge in [-0.25, -0.2) is 0 Å². The molecule has 2 aromatic carbocycles. The first-order valence-electron chi connectivity index (χ1n) is 6.31. The molecule has 3 N–H and O–H groups in total. The number of hydrazone groups is 1. The third kappa shape index (κ3) is 4.98. The monoisotopic (exact) mass is 397 g/mol. The van der Waals surface area contributed by atoms with Gasteiger partial charge in [0.25, 0.3) is 0 Å². The fraction of sp³-hybridized carbons (Fsp3) is 0.0667. The first kappa shape index (κ1) is 16.7. The van der Waals surface area contributed by atoms with Gasteiger partial charge in [0.2, 0.25) is 0 Å². The summed E-state index contributed by atoms with van der Waals surface area (Å²) >= 11 is 14.2. The van der Waals surface area contributed by atoms with Crippen LogP contribution in [0.3, 0.4) is 0 Å². The van der Waals surface area contributed by atoms with Crippen LogP contribution in [0.2, 0.25) is 5.02 Å². The van der Waals surface area contributed by atoms with Crippen molar-refractivity contribution in [1.29, 1.82) is 0 Å². The maximum absolute atomic E-state index is 6.07. The molecule has 0 aromatic heterocycles. The first-order valence-corrected chi connectivity index (χ1v) is 7.89. The molecule has 0 saturated heterocycles. The summed E-state index contributed by atoms with van der Waals surface area (Å²) in [5.74, 6) is 0.587. The number of nitrogens with zero attached hydrogens (tertiary/aromatic N) is 1. The molecule has 2 aromatic rings. The Hall–Kier alpha value is -1.63. The standard InChI is InChI=1S/C15H13BrClN3OS/c16-11-7-5-10(6-8-11)13(19-20-15(18)22)9-21-14-4-2-1-3-12(14)17/h1-8H,9H2,(H3,18,20,22)/b19-13+. The Kier molecular flexibility index (Phi) is 6.18. The molecule has 0 bridgehead atoms. The van der Waals surface area contributed by atoms with E-state index in [9.17, 15) is 0 Å². The van der Waals surface area contributed by atoms with Crippen molar-refractivity contribution in [3.8, 4) is 5.75 Å². The van der Waals surface area contributed by atoms with E-state index in [1.807, 2.05) is 36.4 Å². The van der Waals surface area contributed by atoms with E-state index >= 15 is 0 Å². The van der Waals surface area contributed by atoms with E-state index in [1.54, 1.807) is 12.1 Å².